The number of ether oxygens (including phenoxy) is 1. The molecule has 1 fully saturated rings. The molecule has 0 radical (unpaired) electrons. The maximum absolute atomic E-state index is 12.4. The molecule has 1 saturated heterocycles. The van der Waals surface area contributed by atoms with Crippen molar-refractivity contribution >= 4 is 31.5 Å². The van der Waals surface area contributed by atoms with Crippen LogP contribution in [0.25, 0.3) is 0 Å². The van der Waals surface area contributed by atoms with Gasteiger partial charge in [-0.25, -0.2) is 21.6 Å². The average Bonchev–Trinajstić information content (AvgIpc) is 3.00. The fraction of sp³-hybridized carbons (Fsp3) is 0.278. The zero-order valence-corrected chi connectivity index (χ0v) is 16.7. The van der Waals surface area contributed by atoms with Crippen molar-refractivity contribution in [2.24, 2.45) is 0 Å². The van der Waals surface area contributed by atoms with Crippen molar-refractivity contribution in [2.45, 2.75) is 17.4 Å². The number of hydrogen-bond acceptors (Lipinski definition) is 6. The van der Waals surface area contributed by atoms with Crippen molar-refractivity contribution in [3.8, 4) is 5.75 Å². The van der Waals surface area contributed by atoms with Gasteiger partial charge in [-0.1, -0.05) is 12.1 Å². The highest BCUT2D eigenvalue weighted by atomic mass is 32.2. The average molecular weight is 425 g/mol. The summed E-state index contributed by atoms with van der Waals surface area (Å²) in [5, 5.41) is 2.71. The van der Waals surface area contributed by atoms with Crippen LogP contribution in [0.4, 0.5) is 5.69 Å². The van der Waals surface area contributed by atoms with E-state index in [-0.39, 0.29) is 28.4 Å². The molecule has 8 nitrogen and oxygen atoms in total. The van der Waals surface area contributed by atoms with Gasteiger partial charge < -0.3 is 10.1 Å². The van der Waals surface area contributed by atoms with Crippen LogP contribution in [0.5, 0.6) is 5.75 Å². The highest BCUT2D eigenvalue weighted by Crippen LogP contribution is 2.24. The highest BCUT2D eigenvalue weighted by Gasteiger charge is 2.31. The van der Waals surface area contributed by atoms with Crippen LogP contribution in [0, 0.1) is 0 Å². The third kappa shape index (κ3) is 4.70. The number of carbonyl (C=O) groups excluding carboxylic acids is 1. The van der Waals surface area contributed by atoms with E-state index < -0.39 is 31.8 Å². The zero-order valence-electron chi connectivity index (χ0n) is 15.1. The summed E-state index contributed by atoms with van der Waals surface area (Å²) in [4.78, 5) is 12.4. The summed E-state index contributed by atoms with van der Waals surface area (Å²) in [6, 6.07) is 11.7. The second-order valence-electron chi connectivity index (χ2n) is 6.40. The van der Waals surface area contributed by atoms with Crippen LogP contribution in [0.3, 0.4) is 0 Å². The molecule has 0 bridgehead atoms. The predicted molar refractivity (Wildman–Crippen MR) is 105 cm³/mol. The van der Waals surface area contributed by atoms with Crippen LogP contribution in [0.1, 0.15) is 16.8 Å². The number of methoxy groups -OCH3 is 1. The van der Waals surface area contributed by atoms with Gasteiger partial charge in [0.1, 0.15) is 5.75 Å². The van der Waals surface area contributed by atoms with Gasteiger partial charge in [-0.15, -0.1) is 0 Å². The summed E-state index contributed by atoms with van der Waals surface area (Å²) in [7, 11) is -5.57. The second kappa shape index (κ2) is 7.90. The molecule has 2 N–H and O–H groups in total. The summed E-state index contributed by atoms with van der Waals surface area (Å²) in [6.07, 6.45) is 0.251. The SMILES string of the molecule is COc1ccccc1NC(=O)c1ccc(S(=O)(=O)NC2CCS(=O)(=O)C2)cc1. The number of rotatable bonds is 6. The molecule has 28 heavy (non-hydrogen) atoms. The maximum atomic E-state index is 12.4. The van der Waals surface area contributed by atoms with Crippen LogP contribution in [-0.2, 0) is 19.9 Å². The van der Waals surface area contributed by atoms with Crippen LogP contribution < -0.4 is 14.8 Å². The number of benzene rings is 2. The van der Waals surface area contributed by atoms with Gasteiger partial charge >= 0.3 is 0 Å². The van der Waals surface area contributed by atoms with E-state index in [1.54, 1.807) is 24.3 Å². The standard InChI is InChI=1S/C18H20N2O6S2/c1-26-17-5-3-2-4-16(17)19-18(21)13-6-8-15(9-7-13)28(24,25)20-14-10-11-27(22,23)12-14/h2-9,14,20H,10-12H2,1H3,(H,19,21). The van der Waals surface area contributed by atoms with E-state index in [4.69, 9.17) is 4.74 Å². The lowest BCUT2D eigenvalue weighted by Crippen LogP contribution is -2.35. The van der Waals surface area contributed by atoms with Crippen molar-refractivity contribution in [3.05, 3.63) is 54.1 Å². The molecule has 2 aromatic rings. The number of amides is 1. The van der Waals surface area contributed by atoms with Gasteiger partial charge in [-0.05, 0) is 42.8 Å². The Morgan fingerprint density at radius 1 is 1.11 bits per heavy atom. The van der Waals surface area contributed by atoms with E-state index in [1.165, 1.54) is 31.4 Å². The summed E-state index contributed by atoms with van der Waals surface area (Å²) in [5.74, 6) is -0.137. The van der Waals surface area contributed by atoms with Crippen LogP contribution >= 0.6 is 0 Å². The molecule has 0 spiro atoms. The van der Waals surface area contributed by atoms with Crippen molar-refractivity contribution in [1.29, 1.82) is 0 Å². The largest absolute Gasteiger partial charge is 0.495 e. The molecule has 1 aliphatic rings. The second-order valence-corrected chi connectivity index (χ2v) is 10.3. The Morgan fingerprint density at radius 2 is 1.79 bits per heavy atom. The first kappa shape index (κ1) is 20.3. The molecule has 0 aromatic heterocycles. The Kier molecular flexibility index (Phi) is 5.73. The van der Waals surface area contributed by atoms with Crippen molar-refractivity contribution in [2.75, 3.05) is 23.9 Å². The molecule has 1 unspecified atom stereocenters. The first-order valence-electron chi connectivity index (χ1n) is 8.47. The molecule has 1 amide bonds. The predicted octanol–water partition coefficient (Wildman–Crippen LogP) is 1.41. The number of carbonyl (C=O) groups is 1. The van der Waals surface area contributed by atoms with Crippen LogP contribution in [0.15, 0.2) is 53.4 Å². The summed E-state index contributed by atoms with van der Waals surface area (Å²) in [6.45, 7) is 0. The van der Waals surface area contributed by atoms with Crippen molar-refractivity contribution < 1.29 is 26.4 Å². The van der Waals surface area contributed by atoms with Gasteiger partial charge in [0.25, 0.3) is 5.91 Å². The first-order valence-corrected chi connectivity index (χ1v) is 11.8. The van der Waals surface area contributed by atoms with E-state index in [0.717, 1.165) is 0 Å². The highest BCUT2D eigenvalue weighted by molar-refractivity contribution is 7.92. The zero-order chi connectivity index (χ0) is 20.4. The summed E-state index contributed by atoms with van der Waals surface area (Å²) < 4.78 is 55.4. The smallest absolute Gasteiger partial charge is 0.255 e. The summed E-state index contributed by atoms with van der Waals surface area (Å²) >= 11 is 0. The van der Waals surface area contributed by atoms with Crippen LogP contribution in [0.2, 0.25) is 0 Å². The van der Waals surface area contributed by atoms with Gasteiger partial charge in [-0.2, -0.15) is 0 Å². The Morgan fingerprint density at radius 3 is 2.39 bits per heavy atom. The fourth-order valence-corrected chi connectivity index (χ4v) is 5.95. The van der Waals surface area contributed by atoms with E-state index in [9.17, 15) is 21.6 Å². The topological polar surface area (TPSA) is 119 Å². The Labute approximate surface area is 163 Å². The van der Waals surface area contributed by atoms with E-state index in [1.807, 2.05) is 0 Å². The van der Waals surface area contributed by atoms with Crippen molar-refractivity contribution in [3.63, 3.8) is 0 Å². The van der Waals surface area contributed by atoms with Crippen molar-refractivity contribution in [1.82, 2.24) is 4.72 Å². The molecule has 1 atom stereocenters. The first-order chi connectivity index (χ1) is 13.2. The minimum absolute atomic E-state index is 0.0256. The van der Waals surface area contributed by atoms with Gasteiger partial charge in [-0.3, -0.25) is 4.79 Å². The van der Waals surface area contributed by atoms with Gasteiger partial charge in [0.2, 0.25) is 10.0 Å². The molecule has 1 aliphatic heterocycles. The molecule has 1 heterocycles. The van der Waals surface area contributed by atoms with Gasteiger partial charge in [0.15, 0.2) is 9.84 Å². The molecule has 150 valence electrons. The molecule has 0 saturated carbocycles. The quantitative estimate of drug-likeness (QED) is 0.724. The Bertz CT molecular complexity index is 1080. The van der Waals surface area contributed by atoms with Gasteiger partial charge in [0, 0.05) is 11.6 Å². The minimum atomic E-state index is -3.87. The number of anilines is 1. The molecular weight excluding hydrogens is 404 g/mol. The number of sulfone groups is 1. The number of nitrogens with one attached hydrogen (secondary N) is 2. The van der Waals surface area contributed by atoms with E-state index in [2.05, 4.69) is 10.0 Å². The third-order valence-electron chi connectivity index (χ3n) is 4.34. The minimum Gasteiger partial charge on any atom is -0.495 e. The normalized spacial score (nSPS) is 18.5. The van der Waals surface area contributed by atoms with Crippen LogP contribution in [-0.4, -0.2) is 47.4 Å². The lowest BCUT2D eigenvalue weighted by atomic mass is 10.2. The van der Waals surface area contributed by atoms with Gasteiger partial charge in [0.05, 0.1) is 29.2 Å². The molecule has 3 rings (SSSR count). The Balaban J connectivity index is 1.71. The lowest BCUT2D eigenvalue weighted by molar-refractivity contribution is 0.102. The monoisotopic (exact) mass is 424 g/mol. The van der Waals surface area contributed by atoms with E-state index >= 15 is 0 Å². The molecular formula is C18H20N2O6S2. The molecule has 0 aliphatic carbocycles. The maximum Gasteiger partial charge on any atom is 0.255 e. The number of sulfonamides is 1. The fourth-order valence-electron chi connectivity index (χ4n) is 2.90. The summed E-state index contributed by atoms with van der Waals surface area (Å²) in [5.41, 5.74) is 0.768. The molecule has 2 aromatic carbocycles. The number of para-hydroxylation sites is 2. The Hall–Kier alpha value is -2.43. The van der Waals surface area contributed by atoms with E-state index in [0.29, 0.717) is 11.4 Å². The molecule has 10 heteroatoms. The third-order valence-corrected chi connectivity index (χ3v) is 7.64. The lowest BCUT2D eigenvalue weighted by Gasteiger charge is -2.12. The number of hydrogen-bond donors (Lipinski definition) is 2.